The molecule has 0 saturated carbocycles. The summed E-state index contributed by atoms with van der Waals surface area (Å²) in [5.74, 6) is -0.00319. The van der Waals surface area contributed by atoms with E-state index in [4.69, 9.17) is 27.9 Å². The van der Waals surface area contributed by atoms with Crippen LogP contribution in [0.25, 0.3) is 0 Å². The van der Waals surface area contributed by atoms with Gasteiger partial charge in [-0.3, -0.25) is 15.0 Å². The predicted octanol–water partition coefficient (Wildman–Crippen LogP) is 3.65. The van der Waals surface area contributed by atoms with Gasteiger partial charge < -0.3 is 4.74 Å². The number of hydrogen-bond acceptors (Lipinski definition) is 5. The van der Waals surface area contributed by atoms with Gasteiger partial charge in [0.2, 0.25) is 5.91 Å². The summed E-state index contributed by atoms with van der Waals surface area (Å²) in [6, 6.07) is 11.1. The summed E-state index contributed by atoms with van der Waals surface area (Å²) in [6.07, 6.45) is 0.0238. The summed E-state index contributed by atoms with van der Waals surface area (Å²) in [4.78, 5) is 26.1. The Hall–Kier alpha value is -2.57. The third-order valence-electron chi connectivity index (χ3n) is 4.19. The predicted molar refractivity (Wildman–Crippen MR) is 106 cm³/mol. The maximum Gasteiger partial charge on any atom is 0.258 e. The Balaban J connectivity index is 1.74. The number of nitrogens with one attached hydrogen (secondary N) is 1. The van der Waals surface area contributed by atoms with Crippen LogP contribution >= 0.6 is 23.2 Å². The first-order chi connectivity index (χ1) is 12.9. The number of carbonyl (C=O) groups is 2. The fourth-order valence-corrected chi connectivity index (χ4v) is 3.30. The standard InChI is InChI=1S/C19H17Cl2N3O3/c1-11(15-8-3-12(20)9-16(15)21)22-23-17-10-18(25)24(19(17)26)13-4-6-14(27-2)7-5-13/h3-9,17,23H,10H2,1-2H3/b22-11+. The molecule has 1 fully saturated rings. The normalized spacial score (nSPS) is 17.4. The Labute approximate surface area is 166 Å². The van der Waals surface area contributed by atoms with Crippen molar-refractivity contribution in [3.8, 4) is 5.75 Å². The lowest BCUT2D eigenvalue weighted by Crippen LogP contribution is -2.37. The second kappa shape index (κ2) is 7.98. The fraction of sp³-hybridized carbons (Fsp3) is 0.211. The van der Waals surface area contributed by atoms with E-state index < -0.39 is 6.04 Å². The first-order valence-corrected chi connectivity index (χ1v) is 8.92. The number of carbonyl (C=O) groups excluding carboxylic acids is 2. The highest BCUT2D eigenvalue weighted by Crippen LogP contribution is 2.25. The smallest absolute Gasteiger partial charge is 0.258 e. The maximum atomic E-state index is 12.6. The second-order valence-corrected chi connectivity index (χ2v) is 6.82. The number of nitrogens with zero attached hydrogens (tertiary/aromatic N) is 2. The molecule has 1 unspecified atom stereocenters. The van der Waals surface area contributed by atoms with E-state index in [1.165, 1.54) is 0 Å². The molecule has 8 heteroatoms. The average molecular weight is 406 g/mol. The van der Waals surface area contributed by atoms with E-state index in [2.05, 4.69) is 10.5 Å². The molecule has 1 aliphatic rings. The van der Waals surface area contributed by atoms with Gasteiger partial charge in [0.15, 0.2) is 0 Å². The second-order valence-electron chi connectivity index (χ2n) is 5.97. The van der Waals surface area contributed by atoms with Gasteiger partial charge in [-0.05, 0) is 43.3 Å². The minimum absolute atomic E-state index is 0.0238. The third kappa shape index (κ3) is 4.07. The third-order valence-corrected chi connectivity index (χ3v) is 4.73. The van der Waals surface area contributed by atoms with Gasteiger partial charge in [0, 0.05) is 10.6 Å². The molecule has 0 radical (unpaired) electrons. The van der Waals surface area contributed by atoms with Crippen LogP contribution in [0.1, 0.15) is 18.9 Å². The highest BCUT2D eigenvalue weighted by atomic mass is 35.5. The van der Waals surface area contributed by atoms with Crippen molar-refractivity contribution in [2.45, 2.75) is 19.4 Å². The zero-order chi connectivity index (χ0) is 19.6. The average Bonchev–Trinajstić information content (AvgIpc) is 2.93. The van der Waals surface area contributed by atoms with E-state index in [9.17, 15) is 9.59 Å². The van der Waals surface area contributed by atoms with E-state index >= 15 is 0 Å². The molecule has 1 saturated heterocycles. The molecular formula is C19H17Cl2N3O3. The highest BCUT2D eigenvalue weighted by Gasteiger charge is 2.39. The van der Waals surface area contributed by atoms with Crippen LogP contribution in [0.15, 0.2) is 47.6 Å². The number of ether oxygens (including phenoxy) is 1. The van der Waals surface area contributed by atoms with Crippen LogP contribution in [0.5, 0.6) is 5.75 Å². The van der Waals surface area contributed by atoms with Gasteiger partial charge in [0.1, 0.15) is 11.8 Å². The Morgan fingerprint density at radius 1 is 1.19 bits per heavy atom. The molecule has 1 heterocycles. The van der Waals surface area contributed by atoms with Crippen molar-refractivity contribution < 1.29 is 14.3 Å². The molecule has 1 N–H and O–H groups in total. The molecule has 0 aliphatic carbocycles. The molecule has 6 nitrogen and oxygen atoms in total. The van der Waals surface area contributed by atoms with Gasteiger partial charge in [0.05, 0.1) is 30.0 Å². The van der Waals surface area contributed by atoms with Gasteiger partial charge in [-0.25, -0.2) is 4.90 Å². The summed E-state index contributed by atoms with van der Waals surface area (Å²) in [5, 5.41) is 5.21. The van der Waals surface area contributed by atoms with Gasteiger partial charge in [0.25, 0.3) is 5.91 Å². The summed E-state index contributed by atoms with van der Waals surface area (Å²) in [5.41, 5.74) is 4.56. The molecule has 140 valence electrons. The Kier molecular flexibility index (Phi) is 5.68. The number of rotatable bonds is 5. The van der Waals surface area contributed by atoms with E-state index in [0.29, 0.717) is 32.8 Å². The Morgan fingerprint density at radius 2 is 1.89 bits per heavy atom. The van der Waals surface area contributed by atoms with E-state index in [1.54, 1.807) is 56.5 Å². The molecule has 27 heavy (non-hydrogen) atoms. The molecule has 3 rings (SSSR count). The number of benzene rings is 2. The molecule has 0 bridgehead atoms. The van der Waals surface area contributed by atoms with Gasteiger partial charge in [-0.2, -0.15) is 5.10 Å². The highest BCUT2D eigenvalue weighted by molar-refractivity contribution is 6.37. The fourth-order valence-electron chi connectivity index (χ4n) is 2.75. The van der Waals surface area contributed by atoms with Crippen molar-refractivity contribution in [3.63, 3.8) is 0 Å². The minimum atomic E-state index is -0.736. The van der Waals surface area contributed by atoms with Crippen molar-refractivity contribution >= 4 is 46.4 Å². The molecule has 0 spiro atoms. The summed E-state index contributed by atoms with van der Waals surface area (Å²) in [7, 11) is 1.55. The lowest BCUT2D eigenvalue weighted by atomic mass is 10.1. The van der Waals surface area contributed by atoms with Gasteiger partial charge >= 0.3 is 0 Å². The summed E-state index contributed by atoms with van der Waals surface area (Å²) < 4.78 is 5.09. The number of methoxy groups -OCH3 is 1. The van der Waals surface area contributed by atoms with Crippen molar-refractivity contribution in [1.82, 2.24) is 5.43 Å². The SMILES string of the molecule is COc1ccc(N2C(=O)CC(N/N=C(\C)c3ccc(Cl)cc3Cl)C2=O)cc1. The molecule has 2 aromatic carbocycles. The zero-order valence-electron chi connectivity index (χ0n) is 14.7. The number of imide groups is 1. The van der Waals surface area contributed by atoms with E-state index in [-0.39, 0.29) is 18.2 Å². The van der Waals surface area contributed by atoms with Crippen LogP contribution in [0.3, 0.4) is 0 Å². The number of hydrogen-bond donors (Lipinski definition) is 1. The lowest BCUT2D eigenvalue weighted by Gasteiger charge is -2.15. The number of amides is 2. The molecule has 1 atom stereocenters. The topological polar surface area (TPSA) is 71.0 Å². The van der Waals surface area contributed by atoms with Crippen LogP contribution in [-0.2, 0) is 9.59 Å². The monoisotopic (exact) mass is 405 g/mol. The summed E-state index contributed by atoms with van der Waals surface area (Å²) in [6.45, 7) is 1.75. The Bertz CT molecular complexity index is 913. The number of anilines is 1. The molecule has 0 aromatic heterocycles. The van der Waals surface area contributed by atoms with Crippen molar-refractivity contribution in [1.29, 1.82) is 0 Å². The first kappa shape index (κ1) is 19.2. The van der Waals surface area contributed by atoms with Crippen LogP contribution < -0.4 is 15.1 Å². The minimum Gasteiger partial charge on any atom is -0.497 e. The summed E-state index contributed by atoms with van der Waals surface area (Å²) >= 11 is 12.1. The maximum absolute atomic E-state index is 12.6. The van der Waals surface area contributed by atoms with Gasteiger partial charge in [-0.15, -0.1) is 0 Å². The number of hydrazone groups is 1. The Morgan fingerprint density at radius 3 is 2.52 bits per heavy atom. The van der Waals surface area contributed by atoms with Crippen LogP contribution in [0, 0.1) is 0 Å². The van der Waals surface area contributed by atoms with E-state index in [1.807, 2.05) is 0 Å². The number of halogens is 2. The van der Waals surface area contributed by atoms with Crippen molar-refractivity contribution in [2.75, 3.05) is 12.0 Å². The molecule has 1 aliphatic heterocycles. The quantitative estimate of drug-likeness (QED) is 0.468. The van der Waals surface area contributed by atoms with Gasteiger partial charge in [-0.1, -0.05) is 29.3 Å². The van der Waals surface area contributed by atoms with Crippen molar-refractivity contribution in [3.05, 3.63) is 58.1 Å². The van der Waals surface area contributed by atoms with Crippen molar-refractivity contribution in [2.24, 2.45) is 5.10 Å². The molecule has 2 amide bonds. The molecular weight excluding hydrogens is 389 g/mol. The van der Waals surface area contributed by atoms with Crippen LogP contribution in [0.4, 0.5) is 5.69 Å². The van der Waals surface area contributed by atoms with E-state index in [0.717, 1.165) is 4.90 Å². The van der Waals surface area contributed by atoms with Crippen LogP contribution in [-0.4, -0.2) is 30.7 Å². The van der Waals surface area contributed by atoms with Crippen LogP contribution in [0.2, 0.25) is 10.0 Å². The zero-order valence-corrected chi connectivity index (χ0v) is 16.2. The first-order valence-electron chi connectivity index (χ1n) is 8.17. The lowest BCUT2D eigenvalue weighted by molar-refractivity contribution is -0.121. The molecule has 2 aromatic rings. The largest absolute Gasteiger partial charge is 0.497 e.